The Balaban J connectivity index is 1.57. The number of anilines is 2. The second-order valence-corrected chi connectivity index (χ2v) is 11.8. The standard InChI is InChI=1S/C32H40ClFN8O/c1-7-28(43)41-16-22(6)42(17-21(41)5)31-26-15-27(33)25(14-20(4)10-11-23-12-13-35-38-23)29(34)30(26)36-32(37-31)40-18-24(19-40)39(8-2)9-3/h7,10-15,21-22,24H,1,8-9,16-19H2,2-6H3,(H,35,38)/b11-10-,20-14+/t21-,22?/m1/s1. The van der Waals surface area contributed by atoms with Gasteiger partial charge in [0, 0.05) is 61.5 Å². The normalized spacial score (nSPS) is 20.0. The molecule has 1 amide bonds. The molecule has 9 nitrogen and oxygen atoms in total. The fourth-order valence-electron chi connectivity index (χ4n) is 5.97. The molecule has 2 aliphatic heterocycles. The Kier molecular flexibility index (Phi) is 9.17. The first-order chi connectivity index (χ1) is 20.6. The molecule has 0 spiro atoms. The average Bonchev–Trinajstić information content (AvgIpc) is 3.50. The van der Waals surface area contributed by atoms with Crippen LogP contribution < -0.4 is 9.80 Å². The van der Waals surface area contributed by atoms with Crippen LogP contribution in [0.3, 0.4) is 0 Å². The molecular formula is C32H40ClFN8O. The molecule has 1 aromatic carbocycles. The van der Waals surface area contributed by atoms with Crippen molar-refractivity contribution in [2.45, 2.75) is 52.7 Å². The highest BCUT2D eigenvalue weighted by Gasteiger charge is 2.36. The van der Waals surface area contributed by atoms with Crippen molar-refractivity contribution in [2.24, 2.45) is 0 Å². The number of allylic oxidation sites excluding steroid dienone is 2. The van der Waals surface area contributed by atoms with Gasteiger partial charge in [-0.3, -0.25) is 14.8 Å². The summed E-state index contributed by atoms with van der Waals surface area (Å²) < 4.78 is 16.4. The van der Waals surface area contributed by atoms with Crippen molar-refractivity contribution < 1.29 is 9.18 Å². The zero-order chi connectivity index (χ0) is 30.8. The van der Waals surface area contributed by atoms with Crippen LogP contribution >= 0.6 is 11.6 Å². The highest BCUT2D eigenvalue weighted by Crippen LogP contribution is 2.37. The zero-order valence-corrected chi connectivity index (χ0v) is 26.3. The van der Waals surface area contributed by atoms with E-state index in [1.165, 1.54) is 6.08 Å². The van der Waals surface area contributed by atoms with Crippen LogP contribution in [0.5, 0.6) is 0 Å². The molecule has 228 valence electrons. The number of piperazine rings is 1. The molecule has 2 aliphatic rings. The number of H-pyrrole nitrogens is 1. The van der Waals surface area contributed by atoms with Crippen LogP contribution in [-0.2, 0) is 4.79 Å². The Bertz CT molecular complexity index is 1540. The van der Waals surface area contributed by atoms with Gasteiger partial charge < -0.3 is 14.7 Å². The van der Waals surface area contributed by atoms with Gasteiger partial charge >= 0.3 is 0 Å². The number of nitrogens with one attached hydrogen (secondary N) is 1. The van der Waals surface area contributed by atoms with Crippen LogP contribution in [-0.4, -0.2) is 93.3 Å². The van der Waals surface area contributed by atoms with Crippen molar-refractivity contribution in [1.29, 1.82) is 0 Å². The maximum atomic E-state index is 16.4. The number of carbonyl (C=O) groups excluding carboxylic acids is 1. The minimum atomic E-state index is -0.483. The summed E-state index contributed by atoms with van der Waals surface area (Å²) in [5, 5.41) is 7.67. The van der Waals surface area contributed by atoms with Crippen molar-refractivity contribution in [3.63, 3.8) is 0 Å². The molecule has 0 bridgehead atoms. The van der Waals surface area contributed by atoms with Crippen LogP contribution in [0.15, 0.2) is 42.6 Å². The van der Waals surface area contributed by atoms with Gasteiger partial charge in [-0.25, -0.2) is 9.37 Å². The number of halogens is 2. The Morgan fingerprint density at radius 1 is 1.19 bits per heavy atom. The van der Waals surface area contributed by atoms with E-state index in [2.05, 4.69) is 45.3 Å². The van der Waals surface area contributed by atoms with Gasteiger partial charge in [-0.1, -0.05) is 43.7 Å². The summed E-state index contributed by atoms with van der Waals surface area (Å²) >= 11 is 6.76. The number of rotatable bonds is 9. The van der Waals surface area contributed by atoms with Crippen molar-refractivity contribution in [2.75, 3.05) is 49.1 Å². The predicted molar refractivity (Wildman–Crippen MR) is 173 cm³/mol. The molecule has 11 heteroatoms. The summed E-state index contributed by atoms with van der Waals surface area (Å²) in [6.45, 7) is 18.5. The van der Waals surface area contributed by atoms with Crippen molar-refractivity contribution in [3.05, 3.63) is 64.7 Å². The molecule has 0 saturated carbocycles. The molecular weight excluding hydrogens is 567 g/mol. The Morgan fingerprint density at radius 2 is 1.93 bits per heavy atom. The number of benzene rings is 1. The summed E-state index contributed by atoms with van der Waals surface area (Å²) in [5.74, 6) is 0.548. The third-order valence-electron chi connectivity index (χ3n) is 8.50. The molecule has 0 aliphatic carbocycles. The molecule has 5 rings (SSSR count). The molecule has 2 saturated heterocycles. The molecule has 0 radical (unpaired) electrons. The summed E-state index contributed by atoms with van der Waals surface area (Å²) in [6, 6.07) is 3.87. The molecule has 43 heavy (non-hydrogen) atoms. The topological polar surface area (TPSA) is 84.5 Å². The van der Waals surface area contributed by atoms with Crippen LogP contribution in [0.4, 0.5) is 16.2 Å². The Hall–Kier alpha value is -3.76. The quantitative estimate of drug-likeness (QED) is 0.258. The van der Waals surface area contributed by atoms with E-state index >= 15 is 4.39 Å². The monoisotopic (exact) mass is 606 g/mol. The van der Waals surface area contributed by atoms with Crippen LogP contribution in [0.2, 0.25) is 5.02 Å². The molecule has 1 unspecified atom stereocenters. The van der Waals surface area contributed by atoms with Gasteiger partial charge in [0.2, 0.25) is 11.9 Å². The van der Waals surface area contributed by atoms with Gasteiger partial charge in [-0.05, 0) is 64.2 Å². The minimum Gasteiger partial charge on any atom is -0.349 e. The number of aromatic amines is 1. The van der Waals surface area contributed by atoms with E-state index in [0.29, 0.717) is 36.3 Å². The predicted octanol–water partition coefficient (Wildman–Crippen LogP) is 5.40. The van der Waals surface area contributed by atoms with Gasteiger partial charge in [0.05, 0.1) is 10.7 Å². The van der Waals surface area contributed by atoms with Crippen LogP contribution in [0.1, 0.15) is 45.9 Å². The SMILES string of the molecule is C=CC(=O)N1CC(C)N(c2nc(N3CC(N(CC)CC)C3)nc3c(F)c(/C=C(C)/C=C\c4ccn[nH]4)c(Cl)cc23)C[C@H]1C. The van der Waals surface area contributed by atoms with Crippen LogP contribution in [0, 0.1) is 5.82 Å². The average molecular weight is 607 g/mol. The lowest BCUT2D eigenvalue weighted by Crippen LogP contribution is -2.60. The molecule has 3 aromatic rings. The fraction of sp³-hybridized carbons (Fsp3) is 0.438. The van der Waals surface area contributed by atoms with E-state index < -0.39 is 5.82 Å². The first kappa shape index (κ1) is 30.7. The minimum absolute atomic E-state index is 0.0675. The highest BCUT2D eigenvalue weighted by atomic mass is 35.5. The van der Waals surface area contributed by atoms with E-state index in [1.54, 1.807) is 18.3 Å². The number of nitrogens with zero attached hydrogens (tertiary/aromatic N) is 7. The second kappa shape index (κ2) is 12.9. The van der Waals surface area contributed by atoms with Gasteiger partial charge in [0.25, 0.3) is 0 Å². The third-order valence-corrected chi connectivity index (χ3v) is 8.81. The number of fused-ring (bicyclic) bond motifs is 1. The van der Waals surface area contributed by atoms with Gasteiger partial charge in [-0.2, -0.15) is 10.1 Å². The first-order valence-corrected chi connectivity index (χ1v) is 15.3. The van der Waals surface area contributed by atoms with E-state index in [0.717, 1.165) is 37.4 Å². The number of hydrogen-bond donors (Lipinski definition) is 1. The Morgan fingerprint density at radius 3 is 2.58 bits per heavy atom. The maximum absolute atomic E-state index is 16.4. The molecule has 1 N–H and O–H groups in total. The fourth-order valence-corrected chi connectivity index (χ4v) is 6.21. The maximum Gasteiger partial charge on any atom is 0.246 e. The number of aromatic nitrogens is 4. The van der Waals surface area contributed by atoms with E-state index in [-0.39, 0.29) is 34.1 Å². The summed E-state index contributed by atoms with van der Waals surface area (Å²) in [6.07, 6.45) is 8.51. The molecule has 2 aromatic heterocycles. The largest absolute Gasteiger partial charge is 0.349 e. The van der Waals surface area contributed by atoms with Crippen molar-refractivity contribution in [3.8, 4) is 0 Å². The molecule has 4 heterocycles. The second-order valence-electron chi connectivity index (χ2n) is 11.4. The third kappa shape index (κ3) is 6.17. The summed E-state index contributed by atoms with van der Waals surface area (Å²) in [7, 11) is 0. The van der Waals surface area contributed by atoms with Crippen LogP contribution in [0.25, 0.3) is 23.1 Å². The van der Waals surface area contributed by atoms with Gasteiger partial charge in [0.15, 0.2) is 5.82 Å². The van der Waals surface area contributed by atoms with Crippen molar-refractivity contribution >= 4 is 52.3 Å². The lowest BCUT2D eigenvalue weighted by atomic mass is 10.0. The van der Waals surface area contributed by atoms with Crippen molar-refractivity contribution in [1.82, 2.24) is 30.0 Å². The lowest BCUT2D eigenvalue weighted by Gasteiger charge is -2.46. The smallest absolute Gasteiger partial charge is 0.246 e. The van der Waals surface area contributed by atoms with E-state index in [9.17, 15) is 4.79 Å². The molecule has 2 fully saturated rings. The van der Waals surface area contributed by atoms with Gasteiger partial charge in [0.1, 0.15) is 11.3 Å². The Labute approximate surface area is 257 Å². The molecule has 2 atom stereocenters. The summed E-state index contributed by atoms with van der Waals surface area (Å²) in [5.41, 5.74) is 2.18. The zero-order valence-electron chi connectivity index (χ0n) is 25.5. The number of likely N-dealkylation sites (N-methyl/N-ethyl adjacent to an activating group) is 1. The number of hydrogen-bond acceptors (Lipinski definition) is 7. The first-order valence-electron chi connectivity index (χ1n) is 14.9. The number of amides is 1. The number of carbonyl (C=O) groups is 1. The van der Waals surface area contributed by atoms with E-state index in [4.69, 9.17) is 21.6 Å². The van der Waals surface area contributed by atoms with Gasteiger partial charge in [-0.15, -0.1) is 0 Å². The lowest BCUT2D eigenvalue weighted by molar-refractivity contribution is -0.128. The highest BCUT2D eigenvalue weighted by molar-refractivity contribution is 6.33. The van der Waals surface area contributed by atoms with E-state index in [1.807, 2.05) is 43.9 Å². The summed E-state index contributed by atoms with van der Waals surface area (Å²) in [4.78, 5) is 30.8.